The third-order valence-electron chi connectivity index (χ3n) is 3.03. The van der Waals surface area contributed by atoms with E-state index in [-0.39, 0.29) is 5.91 Å². The maximum absolute atomic E-state index is 12.1. The number of rotatable bonds is 5. The molecule has 0 aromatic carbocycles. The lowest BCUT2D eigenvalue weighted by Crippen LogP contribution is -2.23. The number of anilines is 1. The highest BCUT2D eigenvalue weighted by Gasteiger charge is 2.10. The van der Waals surface area contributed by atoms with Gasteiger partial charge in [0.2, 0.25) is 0 Å². The number of nitrogens with one attached hydrogen (secondary N) is 2. The number of aryl methyl sites for hydroxylation is 1. The van der Waals surface area contributed by atoms with E-state index in [2.05, 4.69) is 20.6 Å². The van der Waals surface area contributed by atoms with E-state index in [1.165, 1.54) is 6.20 Å². The lowest BCUT2D eigenvalue weighted by atomic mass is 10.1. The highest BCUT2D eigenvalue weighted by molar-refractivity contribution is 6.33. The molecule has 0 bridgehead atoms. The lowest BCUT2D eigenvalue weighted by molar-refractivity contribution is 0.0950. The van der Waals surface area contributed by atoms with Crippen molar-refractivity contribution in [2.45, 2.75) is 20.4 Å². The summed E-state index contributed by atoms with van der Waals surface area (Å²) in [6.45, 7) is 5.07. The van der Waals surface area contributed by atoms with Crippen LogP contribution in [0.5, 0.6) is 0 Å². The number of halogens is 1. The van der Waals surface area contributed by atoms with Gasteiger partial charge in [0, 0.05) is 31.7 Å². The molecule has 2 aromatic heterocycles. The fourth-order valence-electron chi connectivity index (χ4n) is 1.82. The number of amides is 1. The first kappa shape index (κ1) is 15.3. The predicted molar refractivity (Wildman–Crippen MR) is 83.6 cm³/mol. The topological polar surface area (TPSA) is 66.9 Å². The van der Waals surface area contributed by atoms with Gasteiger partial charge in [0.1, 0.15) is 5.82 Å². The summed E-state index contributed by atoms with van der Waals surface area (Å²) in [6, 6.07) is 3.52. The van der Waals surface area contributed by atoms with Gasteiger partial charge in [0.15, 0.2) is 0 Å². The quantitative estimate of drug-likeness (QED) is 0.891. The Morgan fingerprint density at radius 2 is 2.19 bits per heavy atom. The first-order valence-corrected chi connectivity index (χ1v) is 7.06. The van der Waals surface area contributed by atoms with E-state index in [1.54, 1.807) is 18.5 Å². The molecule has 2 N–H and O–H groups in total. The zero-order valence-electron chi connectivity index (χ0n) is 12.0. The number of nitrogens with zero attached hydrogens (tertiary/aromatic N) is 2. The predicted octanol–water partition coefficient (Wildman–Crippen LogP) is 2.80. The number of pyridine rings is 2. The smallest absolute Gasteiger partial charge is 0.253 e. The Kier molecular flexibility index (Phi) is 5.11. The molecule has 5 nitrogen and oxygen atoms in total. The third kappa shape index (κ3) is 3.92. The summed E-state index contributed by atoms with van der Waals surface area (Å²) in [4.78, 5) is 20.3. The molecule has 2 heterocycles. The van der Waals surface area contributed by atoms with Crippen molar-refractivity contribution in [3.8, 4) is 0 Å². The zero-order chi connectivity index (χ0) is 15.2. The molecule has 2 rings (SSSR count). The summed E-state index contributed by atoms with van der Waals surface area (Å²) in [7, 11) is 0. The van der Waals surface area contributed by atoms with Gasteiger partial charge in [0.25, 0.3) is 5.91 Å². The van der Waals surface area contributed by atoms with Crippen molar-refractivity contribution in [2.24, 2.45) is 0 Å². The van der Waals surface area contributed by atoms with Crippen molar-refractivity contribution < 1.29 is 4.79 Å². The molecule has 0 saturated heterocycles. The second kappa shape index (κ2) is 7.04. The Morgan fingerprint density at radius 1 is 1.38 bits per heavy atom. The molecule has 6 heteroatoms. The van der Waals surface area contributed by atoms with Crippen LogP contribution in [-0.4, -0.2) is 22.4 Å². The van der Waals surface area contributed by atoms with Gasteiger partial charge in [-0.05, 0) is 37.1 Å². The van der Waals surface area contributed by atoms with Crippen LogP contribution in [0.2, 0.25) is 5.02 Å². The fraction of sp³-hybridized carbons (Fsp3) is 0.267. The van der Waals surface area contributed by atoms with E-state index < -0.39 is 0 Å². The molecule has 0 spiro atoms. The minimum absolute atomic E-state index is 0.212. The average Bonchev–Trinajstić information content (AvgIpc) is 2.48. The second-order valence-corrected chi connectivity index (χ2v) is 4.98. The maximum Gasteiger partial charge on any atom is 0.253 e. The van der Waals surface area contributed by atoms with Gasteiger partial charge < -0.3 is 10.6 Å². The Morgan fingerprint density at radius 3 is 2.86 bits per heavy atom. The van der Waals surface area contributed by atoms with E-state index in [4.69, 9.17) is 11.6 Å². The first-order valence-electron chi connectivity index (χ1n) is 6.69. The van der Waals surface area contributed by atoms with Crippen LogP contribution in [0.15, 0.2) is 30.7 Å². The van der Waals surface area contributed by atoms with Gasteiger partial charge >= 0.3 is 0 Å². The summed E-state index contributed by atoms with van der Waals surface area (Å²) in [5.74, 6) is 0.370. The Hall–Kier alpha value is -2.14. The summed E-state index contributed by atoms with van der Waals surface area (Å²) < 4.78 is 0. The number of aromatic nitrogens is 2. The van der Waals surface area contributed by atoms with E-state index >= 15 is 0 Å². The van der Waals surface area contributed by atoms with Crippen LogP contribution < -0.4 is 10.6 Å². The zero-order valence-corrected chi connectivity index (χ0v) is 12.7. The molecule has 0 aliphatic heterocycles. The molecule has 0 aliphatic carbocycles. The van der Waals surface area contributed by atoms with Gasteiger partial charge in [-0.25, -0.2) is 4.98 Å². The third-order valence-corrected chi connectivity index (χ3v) is 3.32. The second-order valence-electron chi connectivity index (χ2n) is 4.57. The van der Waals surface area contributed by atoms with E-state index in [0.717, 1.165) is 17.7 Å². The van der Waals surface area contributed by atoms with Crippen molar-refractivity contribution >= 4 is 23.3 Å². The van der Waals surface area contributed by atoms with Gasteiger partial charge in [0.05, 0.1) is 10.6 Å². The Labute approximate surface area is 128 Å². The first-order chi connectivity index (χ1) is 10.1. The average molecular weight is 305 g/mol. The lowest BCUT2D eigenvalue weighted by Gasteiger charge is -2.09. The van der Waals surface area contributed by atoms with Gasteiger partial charge in [-0.3, -0.25) is 9.78 Å². The van der Waals surface area contributed by atoms with Crippen molar-refractivity contribution in [3.63, 3.8) is 0 Å². The van der Waals surface area contributed by atoms with Crippen molar-refractivity contribution in [2.75, 3.05) is 11.9 Å². The van der Waals surface area contributed by atoms with Crippen LogP contribution in [0.25, 0.3) is 0 Å². The molecule has 0 saturated carbocycles. The molecule has 2 aromatic rings. The molecule has 0 aliphatic rings. The van der Waals surface area contributed by atoms with Gasteiger partial charge in [-0.15, -0.1) is 0 Å². The highest BCUT2D eigenvalue weighted by atomic mass is 35.5. The largest absolute Gasteiger partial charge is 0.369 e. The summed E-state index contributed by atoms with van der Waals surface area (Å²) in [6.07, 6.45) is 4.98. The fourth-order valence-corrected chi connectivity index (χ4v) is 2.05. The summed E-state index contributed by atoms with van der Waals surface area (Å²) in [5.41, 5.74) is 2.50. The summed E-state index contributed by atoms with van der Waals surface area (Å²) >= 11 is 6.08. The van der Waals surface area contributed by atoms with E-state index in [9.17, 15) is 4.79 Å². The normalized spacial score (nSPS) is 10.2. The molecule has 21 heavy (non-hydrogen) atoms. The van der Waals surface area contributed by atoms with Crippen molar-refractivity contribution in [3.05, 3.63) is 52.4 Å². The molecule has 0 radical (unpaired) electrons. The molecule has 0 unspecified atom stereocenters. The molecule has 1 amide bonds. The molecule has 0 fully saturated rings. The standard InChI is InChI=1S/C15H17ClN4O/c1-3-18-14-13(16)6-11(8-19-14)15(21)20-9-12-7-17-5-4-10(12)2/h4-8H,3,9H2,1-2H3,(H,18,19)(H,20,21). The van der Waals surface area contributed by atoms with E-state index in [0.29, 0.717) is 22.9 Å². The van der Waals surface area contributed by atoms with Crippen LogP contribution in [0.3, 0.4) is 0 Å². The minimum atomic E-state index is -0.212. The minimum Gasteiger partial charge on any atom is -0.369 e. The van der Waals surface area contributed by atoms with Crippen molar-refractivity contribution in [1.29, 1.82) is 0 Å². The van der Waals surface area contributed by atoms with Crippen molar-refractivity contribution in [1.82, 2.24) is 15.3 Å². The molecule has 110 valence electrons. The van der Waals surface area contributed by atoms with Crippen LogP contribution in [-0.2, 0) is 6.54 Å². The van der Waals surface area contributed by atoms with Crippen LogP contribution in [0.1, 0.15) is 28.4 Å². The van der Waals surface area contributed by atoms with Crippen LogP contribution >= 0.6 is 11.6 Å². The van der Waals surface area contributed by atoms with Gasteiger partial charge in [-0.2, -0.15) is 0 Å². The number of carbonyl (C=O) groups is 1. The molecule has 0 atom stereocenters. The monoisotopic (exact) mass is 304 g/mol. The number of hydrogen-bond acceptors (Lipinski definition) is 4. The SMILES string of the molecule is CCNc1ncc(C(=O)NCc2cnccc2C)cc1Cl. The van der Waals surface area contributed by atoms with E-state index in [1.807, 2.05) is 19.9 Å². The van der Waals surface area contributed by atoms with Crippen LogP contribution in [0, 0.1) is 6.92 Å². The Bertz CT molecular complexity index is 645. The maximum atomic E-state index is 12.1. The summed E-state index contributed by atoms with van der Waals surface area (Å²) in [5, 5.41) is 6.29. The molecular weight excluding hydrogens is 288 g/mol. The van der Waals surface area contributed by atoms with Gasteiger partial charge in [-0.1, -0.05) is 11.6 Å². The highest BCUT2D eigenvalue weighted by Crippen LogP contribution is 2.19. The Balaban J connectivity index is 2.04. The number of hydrogen-bond donors (Lipinski definition) is 2. The number of carbonyl (C=O) groups excluding carboxylic acids is 1. The van der Waals surface area contributed by atoms with Crippen LogP contribution in [0.4, 0.5) is 5.82 Å². The molecular formula is C15H17ClN4O.